The predicted octanol–water partition coefficient (Wildman–Crippen LogP) is 3.90. The van der Waals surface area contributed by atoms with Crippen LogP contribution in [0.1, 0.15) is 57.6 Å². The number of epoxide rings is 2. The number of amides is 2. The van der Waals surface area contributed by atoms with Crippen LogP contribution >= 0.6 is 0 Å². The highest BCUT2D eigenvalue weighted by molar-refractivity contribution is 5.76. The first-order valence-electron chi connectivity index (χ1n) is 14.1. The van der Waals surface area contributed by atoms with Gasteiger partial charge < -0.3 is 34.7 Å². The lowest BCUT2D eigenvalue weighted by Crippen LogP contribution is -2.70. The molecule has 12 nitrogen and oxygen atoms in total. The normalized spacial score (nSPS) is 31.5. The van der Waals surface area contributed by atoms with Gasteiger partial charge in [-0.1, -0.05) is 35.0 Å². The van der Waals surface area contributed by atoms with Crippen molar-refractivity contribution in [2.24, 2.45) is 5.11 Å². The van der Waals surface area contributed by atoms with Gasteiger partial charge >= 0.3 is 6.09 Å². The second-order valence-corrected chi connectivity index (χ2v) is 11.5. The summed E-state index contributed by atoms with van der Waals surface area (Å²) in [5.74, 6) is -0.149. The molecule has 3 N–H and O–H groups in total. The van der Waals surface area contributed by atoms with Crippen molar-refractivity contribution >= 4 is 17.7 Å². The minimum atomic E-state index is -1.49. The van der Waals surface area contributed by atoms with Crippen LogP contribution in [0, 0.1) is 6.92 Å². The molecule has 0 bridgehead atoms. The van der Waals surface area contributed by atoms with Crippen molar-refractivity contribution in [1.82, 2.24) is 10.6 Å². The van der Waals surface area contributed by atoms with Crippen molar-refractivity contribution in [1.29, 1.82) is 0 Å². The molecule has 1 spiro atoms. The Morgan fingerprint density at radius 2 is 2.02 bits per heavy atom. The Morgan fingerprint density at radius 3 is 2.66 bits per heavy atom. The molecule has 224 valence electrons. The summed E-state index contributed by atoms with van der Waals surface area (Å²) < 4.78 is 23.4. The molecular weight excluding hydrogens is 530 g/mol. The molecule has 1 aliphatic carbocycles. The van der Waals surface area contributed by atoms with Crippen LogP contribution in [-0.2, 0) is 30.2 Å². The van der Waals surface area contributed by atoms with Crippen molar-refractivity contribution in [3.05, 3.63) is 51.4 Å². The molecule has 2 saturated heterocycles. The Hall–Kier alpha value is -3.15. The van der Waals surface area contributed by atoms with Gasteiger partial charge in [-0.3, -0.25) is 4.79 Å². The van der Waals surface area contributed by atoms with Crippen LogP contribution in [0.5, 0.6) is 0 Å². The molecule has 3 fully saturated rings. The first-order valence-corrected chi connectivity index (χ1v) is 14.1. The van der Waals surface area contributed by atoms with Crippen molar-refractivity contribution in [3.63, 3.8) is 0 Å². The highest BCUT2D eigenvalue weighted by Crippen LogP contribution is 2.62. The monoisotopic (exact) mass is 571 g/mol. The number of alkyl carbamates (subject to hydrolysis) is 1. The molecule has 41 heavy (non-hydrogen) atoms. The summed E-state index contributed by atoms with van der Waals surface area (Å²) in [6, 6.07) is 5.46. The molecular formula is C29H41N5O7. The molecule has 2 amide bonds. The van der Waals surface area contributed by atoms with Crippen molar-refractivity contribution in [2.75, 3.05) is 26.8 Å². The molecule has 6 atom stereocenters. The van der Waals surface area contributed by atoms with E-state index >= 15 is 0 Å². The molecule has 0 unspecified atom stereocenters. The summed E-state index contributed by atoms with van der Waals surface area (Å²) in [6.45, 7) is 8.57. The first-order chi connectivity index (χ1) is 19.5. The standard InChI is InChI=1S/C29H41N5O7/c1-18(2)6-10-23-27(4,41-23)29(37)25(38-5)22(12-13-28(29)17-39-28)40-26(36)32-15-14-31-24(35)11-8-20-7-9-21(33-34-30)19(3)16-20/h6-7,9,16,22-23,25,37H,8,10-15,17H2,1-5H3,(H,31,35)(H,32,36)/t22-,23-,25-,27+,28+,29+/m1/s1. The average molecular weight is 572 g/mol. The second kappa shape index (κ2) is 12.4. The number of carbonyl (C=O) groups excluding carboxylic acids is 2. The smallest absolute Gasteiger partial charge is 0.407 e. The third-order valence-corrected chi connectivity index (χ3v) is 8.49. The molecule has 1 saturated carbocycles. The van der Waals surface area contributed by atoms with Gasteiger partial charge in [0.1, 0.15) is 23.4 Å². The van der Waals surface area contributed by atoms with Gasteiger partial charge in [0.2, 0.25) is 5.91 Å². The van der Waals surface area contributed by atoms with E-state index in [1.54, 1.807) is 6.07 Å². The van der Waals surface area contributed by atoms with Crippen LogP contribution in [0.25, 0.3) is 10.4 Å². The number of allylic oxidation sites excluding steroid dienone is 1. The van der Waals surface area contributed by atoms with E-state index in [2.05, 4.69) is 26.7 Å². The molecule has 3 aliphatic rings. The minimum Gasteiger partial charge on any atom is -0.443 e. The lowest BCUT2D eigenvalue weighted by Gasteiger charge is -2.49. The maximum atomic E-state index is 12.6. The first kappa shape index (κ1) is 30.8. The molecule has 1 aromatic rings. The van der Waals surface area contributed by atoms with Gasteiger partial charge in [-0.05, 0) is 70.0 Å². The molecule has 12 heteroatoms. The number of hydrogen-bond acceptors (Lipinski definition) is 8. The number of hydrogen-bond donors (Lipinski definition) is 3. The Morgan fingerprint density at radius 1 is 1.29 bits per heavy atom. The molecule has 1 aromatic carbocycles. The zero-order valence-electron chi connectivity index (χ0n) is 24.4. The lowest BCUT2D eigenvalue weighted by molar-refractivity contribution is -0.223. The SMILES string of the molecule is CO[C@@H]1[C@H](OC(=O)NCCNC(=O)CCc2ccc(N=[N+]=[N-])c(C)c2)CC[C@]2(CO2)[C@@]1(O)[C@@]1(C)O[C@@H]1CC=C(C)C. The summed E-state index contributed by atoms with van der Waals surface area (Å²) in [7, 11) is 1.49. The Labute approximate surface area is 240 Å². The Bertz CT molecular complexity index is 1220. The average Bonchev–Trinajstić information content (AvgIpc) is 3.85. The number of nitrogens with one attached hydrogen (secondary N) is 2. The zero-order valence-corrected chi connectivity index (χ0v) is 24.4. The summed E-state index contributed by atoms with van der Waals surface area (Å²) in [5, 5.41) is 21.2. The number of nitrogens with zero attached hydrogens (tertiary/aromatic N) is 3. The molecule has 0 radical (unpaired) electrons. The number of benzene rings is 1. The zero-order chi connectivity index (χ0) is 29.8. The number of methoxy groups -OCH3 is 1. The van der Waals surface area contributed by atoms with Gasteiger partial charge in [0, 0.05) is 37.2 Å². The Kier molecular flexibility index (Phi) is 9.30. The Balaban J connectivity index is 1.24. The van der Waals surface area contributed by atoms with E-state index in [9.17, 15) is 14.7 Å². The topological polar surface area (TPSA) is 171 Å². The van der Waals surface area contributed by atoms with Gasteiger partial charge in [-0.15, -0.1) is 0 Å². The second-order valence-electron chi connectivity index (χ2n) is 11.5. The minimum absolute atomic E-state index is 0.149. The highest BCUT2D eigenvalue weighted by Gasteiger charge is 2.81. The highest BCUT2D eigenvalue weighted by atomic mass is 16.7. The van der Waals surface area contributed by atoms with Gasteiger partial charge in [0.05, 0.1) is 12.7 Å². The third kappa shape index (κ3) is 6.37. The van der Waals surface area contributed by atoms with Gasteiger partial charge in [-0.2, -0.15) is 0 Å². The van der Waals surface area contributed by atoms with Crippen molar-refractivity contribution in [3.8, 4) is 0 Å². The summed E-state index contributed by atoms with van der Waals surface area (Å²) >= 11 is 0. The maximum Gasteiger partial charge on any atom is 0.407 e. The summed E-state index contributed by atoms with van der Waals surface area (Å²) in [6.07, 6.45) is 2.15. The third-order valence-electron chi connectivity index (χ3n) is 8.49. The van der Waals surface area contributed by atoms with Gasteiger partial charge in [0.15, 0.2) is 5.60 Å². The van der Waals surface area contributed by atoms with Crippen LogP contribution in [-0.4, -0.2) is 79.0 Å². The van der Waals surface area contributed by atoms with E-state index in [4.69, 9.17) is 24.5 Å². The number of aliphatic hydroxyl groups is 1. The van der Waals surface area contributed by atoms with Gasteiger partial charge in [-0.25, -0.2) is 4.79 Å². The summed E-state index contributed by atoms with van der Waals surface area (Å²) in [4.78, 5) is 27.7. The van der Waals surface area contributed by atoms with Crippen molar-refractivity contribution < 1.29 is 33.6 Å². The largest absolute Gasteiger partial charge is 0.443 e. The van der Waals surface area contributed by atoms with E-state index in [1.165, 1.54) is 12.7 Å². The van der Waals surface area contributed by atoms with E-state index < -0.39 is 35.1 Å². The molecule has 2 heterocycles. The van der Waals surface area contributed by atoms with E-state index in [-0.39, 0.29) is 31.5 Å². The van der Waals surface area contributed by atoms with Crippen LogP contribution in [0.2, 0.25) is 0 Å². The van der Waals surface area contributed by atoms with Crippen LogP contribution in [0.4, 0.5) is 10.5 Å². The molecule has 4 rings (SSSR count). The number of carbonyl (C=O) groups is 2. The number of azide groups is 1. The number of aryl methyl sites for hydroxylation is 2. The fourth-order valence-electron chi connectivity index (χ4n) is 6.01. The van der Waals surface area contributed by atoms with E-state index in [0.29, 0.717) is 38.0 Å². The van der Waals surface area contributed by atoms with Crippen molar-refractivity contribution in [2.45, 2.75) is 94.9 Å². The number of rotatable bonds is 12. The van der Waals surface area contributed by atoms with Crippen LogP contribution in [0.15, 0.2) is 35.0 Å². The molecule has 2 aliphatic heterocycles. The van der Waals surface area contributed by atoms with Gasteiger partial charge in [0.25, 0.3) is 0 Å². The fourth-order valence-corrected chi connectivity index (χ4v) is 6.01. The fraction of sp³-hybridized carbons (Fsp3) is 0.655. The van der Waals surface area contributed by atoms with Crippen LogP contribution < -0.4 is 10.6 Å². The number of ether oxygens (including phenoxy) is 4. The van der Waals surface area contributed by atoms with E-state index in [1.807, 2.05) is 39.8 Å². The quantitative estimate of drug-likeness (QED) is 0.0852. The molecule has 0 aromatic heterocycles. The van der Waals surface area contributed by atoms with E-state index in [0.717, 1.165) is 11.1 Å². The summed E-state index contributed by atoms with van der Waals surface area (Å²) in [5.41, 5.74) is 8.95. The maximum absolute atomic E-state index is 12.6. The predicted molar refractivity (Wildman–Crippen MR) is 151 cm³/mol. The van der Waals surface area contributed by atoms with Crippen LogP contribution in [0.3, 0.4) is 0 Å². The lowest BCUT2D eigenvalue weighted by atomic mass is 9.64.